The summed E-state index contributed by atoms with van der Waals surface area (Å²) in [6.45, 7) is 5.46. The Kier molecular flexibility index (Phi) is 5.03. The quantitative estimate of drug-likeness (QED) is 0.593. The van der Waals surface area contributed by atoms with Crippen molar-refractivity contribution in [2.24, 2.45) is 0 Å². The zero-order valence-corrected chi connectivity index (χ0v) is 16.6. The molecule has 1 aliphatic rings. The molecular formula is C20H21N3O7. The number of hydrogen-bond donors (Lipinski definition) is 4. The van der Waals surface area contributed by atoms with E-state index in [1.807, 2.05) is 0 Å². The van der Waals surface area contributed by atoms with E-state index in [1.54, 1.807) is 32.9 Å². The predicted molar refractivity (Wildman–Crippen MR) is 106 cm³/mol. The monoisotopic (exact) mass is 415 g/mol. The van der Waals surface area contributed by atoms with Crippen molar-refractivity contribution in [3.05, 3.63) is 50.8 Å². The van der Waals surface area contributed by atoms with Gasteiger partial charge in [-0.15, -0.1) is 0 Å². The van der Waals surface area contributed by atoms with Gasteiger partial charge in [0.2, 0.25) is 0 Å². The zero-order valence-electron chi connectivity index (χ0n) is 16.6. The first-order valence-corrected chi connectivity index (χ1v) is 9.02. The molecule has 0 atom stereocenters. The van der Waals surface area contributed by atoms with Crippen molar-refractivity contribution in [3.63, 3.8) is 0 Å². The number of rotatable bonds is 3. The number of pyridine rings is 1. The lowest BCUT2D eigenvalue weighted by Crippen LogP contribution is -2.33. The van der Waals surface area contributed by atoms with Crippen LogP contribution < -0.4 is 11.3 Å². The largest absolute Gasteiger partial charge is 0.478 e. The fraction of sp³-hybridized carbons (Fsp3) is 0.300. The number of carbonyl (C=O) groups is 3. The molecule has 0 radical (unpaired) electrons. The summed E-state index contributed by atoms with van der Waals surface area (Å²) in [5, 5.41) is 19.2. The molecule has 0 aliphatic carbocycles. The van der Waals surface area contributed by atoms with Gasteiger partial charge in [0.1, 0.15) is 22.5 Å². The number of nitrogen functional groups attached to an aromatic ring is 1. The molecule has 2 aromatic rings. The number of fused-ring (bicyclic) bond motifs is 1. The van der Waals surface area contributed by atoms with E-state index in [4.69, 9.17) is 10.5 Å². The first-order valence-electron chi connectivity index (χ1n) is 9.02. The first kappa shape index (κ1) is 20.9. The molecule has 5 N–H and O–H groups in total. The van der Waals surface area contributed by atoms with E-state index >= 15 is 0 Å². The fourth-order valence-electron chi connectivity index (χ4n) is 3.43. The molecule has 30 heavy (non-hydrogen) atoms. The van der Waals surface area contributed by atoms with Crippen LogP contribution >= 0.6 is 0 Å². The minimum Gasteiger partial charge on any atom is -0.478 e. The van der Waals surface area contributed by atoms with Crippen molar-refractivity contribution in [1.29, 1.82) is 0 Å². The van der Waals surface area contributed by atoms with Gasteiger partial charge in [-0.3, -0.25) is 9.69 Å². The van der Waals surface area contributed by atoms with Gasteiger partial charge in [-0.2, -0.15) is 0 Å². The summed E-state index contributed by atoms with van der Waals surface area (Å²) in [7, 11) is 0. The molecule has 3 rings (SSSR count). The summed E-state index contributed by atoms with van der Waals surface area (Å²) < 4.78 is 5.38. The third-order valence-electron chi connectivity index (χ3n) is 4.58. The number of nitrogens with two attached hydrogens (primary N) is 1. The number of anilines is 1. The van der Waals surface area contributed by atoms with Crippen LogP contribution in [0.15, 0.2) is 23.0 Å². The summed E-state index contributed by atoms with van der Waals surface area (Å²) in [5.41, 5.74) is 3.87. The van der Waals surface area contributed by atoms with Crippen LogP contribution in [0.25, 0.3) is 11.1 Å². The Morgan fingerprint density at radius 2 is 1.73 bits per heavy atom. The number of carbonyl (C=O) groups excluding carboxylic acids is 1. The summed E-state index contributed by atoms with van der Waals surface area (Å²) in [6.07, 6.45) is -0.563. The van der Waals surface area contributed by atoms with E-state index in [1.165, 1.54) is 11.0 Å². The second-order valence-electron chi connectivity index (χ2n) is 7.88. The van der Waals surface area contributed by atoms with E-state index in [0.29, 0.717) is 11.1 Å². The highest BCUT2D eigenvalue weighted by molar-refractivity contribution is 6.07. The number of carboxylic acids is 2. The molecule has 0 unspecified atom stereocenters. The second-order valence-corrected chi connectivity index (χ2v) is 7.88. The number of nitrogens with one attached hydrogen (secondary N) is 1. The molecule has 10 heteroatoms. The van der Waals surface area contributed by atoms with Gasteiger partial charge in [0, 0.05) is 12.1 Å². The number of ether oxygens (including phenoxy) is 1. The fourth-order valence-corrected chi connectivity index (χ4v) is 3.43. The standard InChI is InChI=1S/C20H21N3O7/c1-20(2,3)30-19(29)23-7-9-5-4-6-10(11(9)8-23)12-13(17(25)26)15(21)22-16(24)14(12)18(27)28/h4-6H,7-8H2,1-3H3,(H,25,26)(H,27,28)(H3,21,22,24). The Balaban J connectivity index is 2.20. The summed E-state index contributed by atoms with van der Waals surface area (Å²) in [6, 6.07) is 4.84. The Hall–Kier alpha value is -3.82. The van der Waals surface area contributed by atoms with Crippen molar-refractivity contribution >= 4 is 23.8 Å². The Morgan fingerprint density at radius 1 is 1.10 bits per heavy atom. The maximum atomic E-state index is 12.5. The van der Waals surface area contributed by atoms with Crippen LogP contribution in [0.4, 0.5) is 10.6 Å². The molecule has 0 bridgehead atoms. The Morgan fingerprint density at radius 3 is 2.30 bits per heavy atom. The minimum absolute atomic E-state index is 0.0608. The summed E-state index contributed by atoms with van der Waals surface area (Å²) in [4.78, 5) is 51.9. The smallest absolute Gasteiger partial charge is 0.410 e. The minimum atomic E-state index is -1.59. The van der Waals surface area contributed by atoms with Gasteiger partial charge in [-0.1, -0.05) is 18.2 Å². The van der Waals surface area contributed by atoms with Gasteiger partial charge < -0.3 is 25.7 Å². The molecule has 0 saturated carbocycles. The Bertz CT molecular complexity index is 1130. The number of carboxylic acid groups (broad SMARTS) is 2. The molecule has 10 nitrogen and oxygen atoms in total. The maximum Gasteiger partial charge on any atom is 0.410 e. The highest BCUT2D eigenvalue weighted by Crippen LogP contribution is 2.37. The van der Waals surface area contributed by atoms with E-state index in [-0.39, 0.29) is 24.2 Å². The first-order chi connectivity index (χ1) is 13.9. The topological polar surface area (TPSA) is 163 Å². The highest BCUT2D eigenvalue weighted by Gasteiger charge is 2.33. The van der Waals surface area contributed by atoms with E-state index in [0.717, 1.165) is 0 Å². The van der Waals surface area contributed by atoms with Crippen LogP contribution in [0.5, 0.6) is 0 Å². The van der Waals surface area contributed by atoms with E-state index in [2.05, 4.69) is 4.98 Å². The average Bonchev–Trinajstić information content (AvgIpc) is 3.03. The van der Waals surface area contributed by atoms with Crippen LogP contribution in [0.1, 0.15) is 52.6 Å². The van der Waals surface area contributed by atoms with Gasteiger partial charge in [-0.25, -0.2) is 14.4 Å². The number of benzene rings is 1. The number of amides is 1. The number of aromatic amines is 1. The van der Waals surface area contributed by atoms with Gasteiger partial charge >= 0.3 is 18.0 Å². The summed E-state index contributed by atoms with van der Waals surface area (Å²) >= 11 is 0. The molecule has 1 aliphatic heterocycles. The van der Waals surface area contributed by atoms with E-state index < -0.39 is 46.1 Å². The second kappa shape index (κ2) is 7.21. The predicted octanol–water partition coefficient (Wildman–Crippen LogP) is 2.27. The van der Waals surface area contributed by atoms with Crippen molar-refractivity contribution in [2.45, 2.75) is 39.5 Å². The van der Waals surface area contributed by atoms with Crippen molar-refractivity contribution in [1.82, 2.24) is 9.88 Å². The maximum absolute atomic E-state index is 12.5. The normalized spacial score (nSPS) is 13.1. The molecule has 2 heterocycles. The summed E-state index contributed by atoms with van der Waals surface area (Å²) in [5.74, 6) is -3.53. The lowest BCUT2D eigenvalue weighted by Gasteiger charge is -2.24. The average molecular weight is 415 g/mol. The van der Waals surface area contributed by atoms with Crippen LogP contribution in [-0.2, 0) is 17.8 Å². The third kappa shape index (κ3) is 3.71. The molecule has 158 valence electrons. The lowest BCUT2D eigenvalue weighted by atomic mass is 9.90. The van der Waals surface area contributed by atoms with Gasteiger partial charge in [0.05, 0.1) is 6.54 Å². The number of nitrogens with zero attached hydrogens (tertiary/aromatic N) is 1. The van der Waals surface area contributed by atoms with Crippen LogP contribution in [0, 0.1) is 0 Å². The SMILES string of the molecule is CC(C)(C)OC(=O)N1Cc2cccc(-c3c(C(=O)O)c(N)[nH]c(=O)c3C(=O)O)c2C1. The van der Waals surface area contributed by atoms with Crippen molar-refractivity contribution < 1.29 is 29.3 Å². The zero-order chi connectivity index (χ0) is 22.4. The lowest BCUT2D eigenvalue weighted by molar-refractivity contribution is 0.0241. The molecule has 1 aromatic heterocycles. The van der Waals surface area contributed by atoms with Crippen molar-refractivity contribution in [2.75, 3.05) is 5.73 Å². The number of H-pyrrole nitrogens is 1. The highest BCUT2D eigenvalue weighted by atomic mass is 16.6. The third-order valence-corrected chi connectivity index (χ3v) is 4.58. The molecule has 1 aromatic carbocycles. The molecule has 0 fully saturated rings. The van der Waals surface area contributed by atoms with Gasteiger partial charge in [-0.05, 0) is 37.5 Å². The van der Waals surface area contributed by atoms with Gasteiger partial charge in [0.15, 0.2) is 0 Å². The number of aromatic nitrogens is 1. The van der Waals surface area contributed by atoms with Crippen LogP contribution in [0.3, 0.4) is 0 Å². The Labute approximate surface area is 170 Å². The van der Waals surface area contributed by atoms with E-state index in [9.17, 15) is 29.4 Å². The molecular weight excluding hydrogens is 394 g/mol. The molecule has 0 saturated heterocycles. The van der Waals surface area contributed by atoms with Crippen LogP contribution in [0.2, 0.25) is 0 Å². The molecule has 1 amide bonds. The molecule has 0 spiro atoms. The van der Waals surface area contributed by atoms with Crippen molar-refractivity contribution in [3.8, 4) is 11.1 Å². The van der Waals surface area contributed by atoms with Crippen LogP contribution in [-0.4, -0.2) is 43.7 Å². The number of hydrogen-bond acceptors (Lipinski definition) is 6. The van der Waals surface area contributed by atoms with Gasteiger partial charge in [0.25, 0.3) is 5.56 Å². The number of aromatic carboxylic acids is 2.